The smallest absolute Gasteiger partial charge is 0.0931 e. The van der Waals surface area contributed by atoms with Crippen LogP contribution in [0.2, 0.25) is 0 Å². The van der Waals surface area contributed by atoms with E-state index in [2.05, 4.69) is 60.0 Å². The third-order valence-corrected chi connectivity index (χ3v) is 3.10. The van der Waals surface area contributed by atoms with Gasteiger partial charge in [-0.15, -0.1) is 0 Å². The summed E-state index contributed by atoms with van der Waals surface area (Å²) in [5, 5.41) is 3.27. The maximum atomic E-state index is 4.22. The predicted octanol–water partition coefficient (Wildman–Crippen LogP) is 2.32. The molecule has 86 valence electrons. The Balaban J connectivity index is 2.30. The van der Waals surface area contributed by atoms with Crippen molar-refractivity contribution >= 4 is 23.7 Å². The molecule has 4 heteroatoms. The van der Waals surface area contributed by atoms with Crippen molar-refractivity contribution in [3.63, 3.8) is 0 Å². The van der Waals surface area contributed by atoms with E-state index in [1.54, 1.807) is 6.33 Å². The summed E-state index contributed by atoms with van der Waals surface area (Å²) in [5.41, 5.74) is 3.51. The van der Waals surface area contributed by atoms with Crippen LogP contribution in [0.15, 0.2) is 24.5 Å². The number of hydrogen-bond donors (Lipinski definition) is 3. The van der Waals surface area contributed by atoms with Gasteiger partial charge in [-0.2, -0.15) is 12.6 Å². The van der Waals surface area contributed by atoms with Crippen molar-refractivity contribution in [2.24, 2.45) is 0 Å². The van der Waals surface area contributed by atoms with Gasteiger partial charge in [-0.1, -0.05) is 19.9 Å². The molecule has 0 fully saturated rings. The number of H-pyrrole nitrogens is 1. The van der Waals surface area contributed by atoms with Crippen molar-refractivity contribution in [1.82, 2.24) is 15.3 Å². The zero-order valence-corrected chi connectivity index (χ0v) is 10.5. The first kappa shape index (κ1) is 11.5. The van der Waals surface area contributed by atoms with Crippen LogP contribution >= 0.6 is 12.6 Å². The normalized spacial score (nSPS) is 12.2. The Morgan fingerprint density at radius 3 is 3.00 bits per heavy atom. The van der Waals surface area contributed by atoms with Crippen molar-refractivity contribution in [3.8, 4) is 0 Å². The van der Waals surface area contributed by atoms with Crippen molar-refractivity contribution < 1.29 is 0 Å². The molecule has 2 aromatic rings. The molecule has 0 aliphatic rings. The zero-order valence-electron chi connectivity index (χ0n) is 9.62. The number of thiol groups is 1. The second-order valence-corrected chi connectivity index (χ2v) is 4.92. The first-order valence-corrected chi connectivity index (χ1v) is 6.02. The van der Waals surface area contributed by atoms with E-state index in [-0.39, 0.29) is 5.41 Å². The van der Waals surface area contributed by atoms with Gasteiger partial charge in [0.15, 0.2) is 0 Å². The highest BCUT2D eigenvalue weighted by molar-refractivity contribution is 7.80. The summed E-state index contributed by atoms with van der Waals surface area (Å²) in [7, 11) is 0. The monoisotopic (exact) mass is 235 g/mol. The third kappa shape index (κ3) is 2.23. The highest BCUT2D eigenvalue weighted by atomic mass is 32.1. The molecule has 1 heterocycles. The summed E-state index contributed by atoms with van der Waals surface area (Å²) < 4.78 is 0. The van der Waals surface area contributed by atoms with Crippen molar-refractivity contribution in [3.05, 3.63) is 30.1 Å². The summed E-state index contributed by atoms with van der Waals surface area (Å²) in [4.78, 5) is 7.36. The lowest BCUT2D eigenvalue weighted by Gasteiger charge is -2.25. The second-order valence-electron chi connectivity index (χ2n) is 4.60. The Bertz CT molecular complexity index is 476. The van der Waals surface area contributed by atoms with Crippen LogP contribution in [0, 0.1) is 0 Å². The van der Waals surface area contributed by atoms with Gasteiger partial charge in [0, 0.05) is 17.8 Å². The Hall–Kier alpha value is -1.00. The molecule has 1 aromatic heterocycles. The highest BCUT2D eigenvalue weighted by Crippen LogP contribution is 2.24. The molecule has 0 aliphatic carbocycles. The Morgan fingerprint density at radius 1 is 1.44 bits per heavy atom. The molecular weight excluding hydrogens is 218 g/mol. The number of nitrogens with zero attached hydrogens (tertiary/aromatic N) is 1. The summed E-state index contributed by atoms with van der Waals surface area (Å²) in [6.45, 7) is 5.36. The fraction of sp³-hybridized carbons (Fsp3) is 0.417. The van der Waals surface area contributed by atoms with Crippen LogP contribution < -0.4 is 5.32 Å². The molecule has 0 spiro atoms. The molecule has 0 bridgehead atoms. The van der Waals surface area contributed by atoms with Gasteiger partial charge in [-0.25, -0.2) is 4.98 Å². The number of nitrogens with one attached hydrogen (secondary N) is 2. The number of aromatic nitrogens is 2. The Morgan fingerprint density at radius 2 is 2.25 bits per heavy atom. The minimum Gasteiger partial charge on any atom is -0.345 e. The van der Waals surface area contributed by atoms with Gasteiger partial charge in [-0.05, 0) is 17.7 Å². The summed E-state index contributed by atoms with van der Waals surface area (Å²) in [6, 6.07) is 6.37. The minimum absolute atomic E-state index is 0.0992. The van der Waals surface area contributed by atoms with Crippen LogP contribution in [0.25, 0.3) is 11.0 Å². The van der Waals surface area contributed by atoms with Gasteiger partial charge in [0.2, 0.25) is 0 Å². The van der Waals surface area contributed by atoms with Crippen LogP contribution in [0.1, 0.15) is 19.4 Å². The van der Waals surface area contributed by atoms with E-state index in [0.29, 0.717) is 5.88 Å². The van der Waals surface area contributed by atoms with Gasteiger partial charge in [-0.3, -0.25) is 0 Å². The molecule has 1 aromatic carbocycles. The Kier molecular flexibility index (Phi) is 3.21. The second kappa shape index (κ2) is 4.47. The van der Waals surface area contributed by atoms with E-state index in [0.717, 1.165) is 17.6 Å². The average Bonchev–Trinajstić information content (AvgIpc) is 2.73. The van der Waals surface area contributed by atoms with Crippen molar-refractivity contribution in [1.29, 1.82) is 0 Å². The number of benzene rings is 1. The van der Waals surface area contributed by atoms with Crippen LogP contribution in [0.4, 0.5) is 0 Å². The number of hydrogen-bond acceptors (Lipinski definition) is 3. The first-order chi connectivity index (χ1) is 7.63. The van der Waals surface area contributed by atoms with Gasteiger partial charge in [0.05, 0.1) is 17.4 Å². The average molecular weight is 235 g/mol. The molecule has 0 unspecified atom stereocenters. The Labute approximate surface area is 101 Å². The van der Waals surface area contributed by atoms with Crippen LogP contribution in [-0.4, -0.2) is 22.4 Å². The summed E-state index contributed by atoms with van der Waals surface area (Å²) >= 11 is 4.17. The SMILES string of the molecule is CC(C)(CNCS)c1ccc2nc[nH]c2c1. The van der Waals surface area contributed by atoms with E-state index in [1.807, 2.05) is 0 Å². The minimum atomic E-state index is 0.0992. The maximum absolute atomic E-state index is 4.22. The summed E-state index contributed by atoms with van der Waals surface area (Å²) in [5.74, 6) is 0.704. The molecule has 0 amide bonds. The van der Waals surface area contributed by atoms with E-state index in [4.69, 9.17) is 0 Å². The predicted molar refractivity (Wildman–Crippen MR) is 71.0 cm³/mol. The lowest BCUT2D eigenvalue weighted by molar-refractivity contribution is 0.491. The van der Waals surface area contributed by atoms with Gasteiger partial charge < -0.3 is 10.3 Å². The number of rotatable bonds is 4. The highest BCUT2D eigenvalue weighted by Gasteiger charge is 2.20. The van der Waals surface area contributed by atoms with E-state index in [9.17, 15) is 0 Å². The van der Waals surface area contributed by atoms with Crippen LogP contribution in [0.3, 0.4) is 0 Å². The molecule has 3 nitrogen and oxygen atoms in total. The van der Waals surface area contributed by atoms with Gasteiger partial charge >= 0.3 is 0 Å². The van der Waals surface area contributed by atoms with E-state index < -0.39 is 0 Å². The van der Waals surface area contributed by atoms with E-state index in [1.165, 1.54) is 5.56 Å². The lowest BCUT2D eigenvalue weighted by atomic mass is 9.84. The molecule has 0 saturated heterocycles. The molecule has 0 radical (unpaired) electrons. The molecule has 0 saturated carbocycles. The fourth-order valence-electron chi connectivity index (χ4n) is 1.83. The summed E-state index contributed by atoms with van der Waals surface area (Å²) in [6.07, 6.45) is 1.73. The number of fused-ring (bicyclic) bond motifs is 1. The number of imidazole rings is 1. The molecule has 2 rings (SSSR count). The quantitative estimate of drug-likeness (QED) is 0.562. The van der Waals surface area contributed by atoms with Gasteiger partial charge in [0.1, 0.15) is 0 Å². The van der Waals surface area contributed by atoms with Crippen molar-refractivity contribution in [2.45, 2.75) is 19.3 Å². The lowest BCUT2D eigenvalue weighted by Crippen LogP contribution is -2.32. The molecule has 16 heavy (non-hydrogen) atoms. The molecule has 0 atom stereocenters. The standard InChI is InChI=1S/C12H17N3S/c1-12(2,6-13-8-16)9-3-4-10-11(5-9)15-7-14-10/h3-5,7,13,16H,6,8H2,1-2H3,(H,14,15). The fourth-order valence-corrected chi connectivity index (χ4v) is 1.94. The molecule has 2 N–H and O–H groups in total. The number of aromatic amines is 1. The zero-order chi connectivity index (χ0) is 11.6. The van der Waals surface area contributed by atoms with Gasteiger partial charge in [0.25, 0.3) is 0 Å². The van der Waals surface area contributed by atoms with Crippen LogP contribution in [0.5, 0.6) is 0 Å². The van der Waals surface area contributed by atoms with Crippen molar-refractivity contribution in [2.75, 3.05) is 12.4 Å². The van der Waals surface area contributed by atoms with Crippen LogP contribution in [-0.2, 0) is 5.41 Å². The topological polar surface area (TPSA) is 40.7 Å². The third-order valence-electron chi connectivity index (χ3n) is 2.88. The largest absolute Gasteiger partial charge is 0.345 e. The maximum Gasteiger partial charge on any atom is 0.0931 e. The molecule has 0 aliphatic heterocycles. The first-order valence-electron chi connectivity index (χ1n) is 5.39. The molecular formula is C12H17N3S. The van der Waals surface area contributed by atoms with E-state index >= 15 is 0 Å².